The molecule has 0 aliphatic heterocycles. The molecule has 160 valence electrons. The molecule has 0 atom stereocenters. The average Bonchev–Trinajstić information content (AvgIpc) is 3.64. The number of nitriles is 1. The number of benzene rings is 2. The zero-order valence-corrected chi connectivity index (χ0v) is 18.0. The lowest BCUT2D eigenvalue weighted by Crippen LogP contribution is -2.33. The monoisotopic (exact) mass is 446 g/mol. The number of nitrogens with zero attached hydrogens (tertiary/aromatic N) is 4. The van der Waals surface area contributed by atoms with E-state index in [0.717, 1.165) is 24.0 Å². The van der Waals surface area contributed by atoms with E-state index in [4.69, 9.17) is 11.6 Å². The maximum atomic E-state index is 13.1. The predicted octanol–water partition coefficient (Wildman–Crippen LogP) is 5.43. The summed E-state index contributed by atoms with van der Waals surface area (Å²) in [7, 11) is 0. The first kappa shape index (κ1) is 21.5. The van der Waals surface area contributed by atoms with Gasteiger partial charge in [0.1, 0.15) is 0 Å². The number of aromatic nitrogens is 1. The van der Waals surface area contributed by atoms with Gasteiger partial charge in [-0.3, -0.25) is 19.8 Å². The van der Waals surface area contributed by atoms with Crippen LogP contribution in [0.5, 0.6) is 0 Å². The van der Waals surface area contributed by atoms with Crippen molar-refractivity contribution in [3.05, 3.63) is 86.6 Å². The number of anilines is 1. The van der Waals surface area contributed by atoms with Crippen LogP contribution in [-0.2, 0) is 11.3 Å². The van der Waals surface area contributed by atoms with Crippen molar-refractivity contribution in [3.8, 4) is 17.2 Å². The molecule has 1 saturated carbocycles. The van der Waals surface area contributed by atoms with Crippen molar-refractivity contribution >= 4 is 29.0 Å². The maximum Gasteiger partial charge on any atom is 0.316 e. The second-order valence-corrected chi connectivity index (χ2v) is 8.12. The zero-order chi connectivity index (χ0) is 22.8. The Morgan fingerprint density at radius 3 is 2.62 bits per heavy atom. The highest BCUT2D eigenvalue weighted by Crippen LogP contribution is 2.38. The molecule has 1 aliphatic rings. The van der Waals surface area contributed by atoms with Crippen molar-refractivity contribution in [2.75, 3.05) is 4.90 Å². The molecular formula is C24H19ClN4O3. The van der Waals surface area contributed by atoms with Crippen LogP contribution in [0, 0.1) is 34.3 Å². The van der Waals surface area contributed by atoms with Crippen LogP contribution < -0.4 is 4.90 Å². The minimum atomic E-state index is -0.560. The van der Waals surface area contributed by atoms with Crippen molar-refractivity contribution in [1.82, 2.24) is 4.98 Å². The van der Waals surface area contributed by atoms with Gasteiger partial charge < -0.3 is 0 Å². The number of carbonyl (C=O) groups is 1. The third-order valence-electron chi connectivity index (χ3n) is 5.49. The number of pyridine rings is 1. The lowest BCUT2D eigenvalue weighted by Gasteiger charge is -2.23. The molecule has 0 saturated heterocycles. The standard InChI is InChI=1S/C24H19ClN4O3/c1-15-21(25)13-27-23(22(15)29(31)32)28(24(30)18-8-9-18)14-16-7-10-20(19(11-16)12-26)17-5-3-2-4-6-17/h2-7,10-11,13,18H,8-9,14H2,1H3. The van der Waals surface area contributed by atoms with Crippen LogP contribution in [0.15, 0.2) is 54.7 Å². The third kappa shape index (κ3) is 4.18. The summed E-state index contributed by atoms with van der Waals surface area (Å²) in [6, 6.07) is 17.1. The van der Waals surface area contributed by atoms with E-state index in [0.29, 0.717) is 11.1 Å². The van der Waals surface area contributed by atoms with E-state index in [2.05, 4.69) is 11.1 Å². The molecule has 0 radical (unpaired) electrons. The molecule has 32 heavy (non-hydrogen) atoms. The molecule has 3 aromatic rings. The topological polar surface area (TPSA) is 100 Å². The third-order valence-corrected chi connectivity index (χ3v) is 5.87. The lowest BCUT2D eigenvalue weighted by atomic mass is 9.98. The van der Waals surface area contributed by atoms with Crippen LogP contribution in [0.4, 0.5) is 11.5 Å². The van der Waals surface area contributed by atoms with Crippen molar-refractivity contribution < 1.29 is 9.72 Å². The summed E-state index contributed by atoms with van der Waals surface area (Å²) < 4.78 is 0. The number of amides is 1. The number of hydrogen-bond donors (Lipinski definition) is 0. The van der Waals surface area contributed by atoms with Crippen LogP contribution in [0.2, 0.25) is 5.02 Å². The predicted molar refractivity (Wildman–Crippen MR) is 121 cm³/mol. The van der Waals surface area contributed by atoms with E-state index in [1.54, 1.807) is 6.07 Å². The first-order valence-electron chi connectivity index (χ1n) is 10.1. The molecule has 8 heteroatoms. The molecule has 4 rings (SSSR count). The van der Waals surface area contributed by atoms with Crippen LogP contribution in [0.1, 0.15) is 29.5 Å². The summed E-state index contributed by atoms with van der Waals surface area (Å²) >= 11 is 6.06. The van der Waals surface area contributed by atoms with Gasteiger partial charge in [-0.25, -0.2) is 4.98 Å². The van der Waals surface area contributed by atoms with Gasteiger partial charge in [0.15, 0.2) is 0 Å². The van der Waals surface area contributed by atoms with Gasteiger partial charge in [0.05, 0.1) is 33.7 Å². The molecule has 2 aromatic carbocycles. The molecule has 0 bridgehead atoms. The summed E-state index contributed by atoms with van der Waals surface area (Å²) in [6.07, 6.45) is 2.81. The first-order valence-corrected chi connectivity index (χ1v) is 10.5. The summed E-state index contributed by atoms with van der Waals surface area (Å²) in [4.78, 5) is 29.8. The quantitative estimate of drug-likeness (QED) is 0.371. The SMILES string of the molecule is Cc1c(Cl)cnc(N(Cc2ccc(-c3ccccc3)c(C#N)c2)C(=O)C2CC2)c1[N+](=O)[O-]. The van der Waals surface area contributed by atoms with Gasteiger partial charge in [0.25, 0.3) is 0 Å². The summed E-state index contributed by atoms with van der Waals surface area (Å²) in [5.74, 6) is -0.418. The maximum absolute atomic E-state index is 13.1. The fourth-order valence-electron chi connectivity index (χ4n) is 3.61. The Morgan fingerprint density at radius 2 is 2.00 bits per heavy atom. The molecular weight excluding hydrogens is 428 g/mol. The Labute approximate surface area is 190 Å². The van der Waals surface area contributed by atoms with Crippen LogP contribution >= 0.6 is 11.6 Å². The van der Waals surface area contributed by atoms with Gasteiger partial charge in [-0.15, -0.1) is 0 Å². The molecule has 0 unspecified atom stereocenters. The molecule has 1 aliphatic carbocycles. The number of rotatable bonds is 6. The van der Waals surface area contributed by atoms with Crippen LogP contribution in [0.25, 0.3) is 11.1 Å². The smallest absolute Gasteiger partial charge is 0.286 e. The van der Waals surface area contributed by atoms with Crippen molar-refractivity contribution in [3.63, 3.8) is 0 Å². The molecule has 1 amide bonds. The Bertz CT molecular complexity index is 1250. The average molecular weight is 447 g/mol. The normalized spacial score (nSPS) is 12.8. The van der Waals surface area contributed by atoms with Gasteiger partial charge in [-0.2, -0.15) is 5.26 Å². The van der Waals surface area contributed by atoms with E-state index in [9.17, 15) is 20.2 Å². The molecule has 0 N–H and O–H groups in total. The van der Waals surface area contributed by atoms with E-state index < -0.39 is 4.92 Å². The summed E-state index contributed by atoms with van der Waals surface area (Å²) in [5, 5.41) is 21.7. The molecule has 1 aromatic heterocycles. The zero-order valence-electron chi connectivity index (χ0n) is 17.3. The molecule has 7 nitrogen and oxygen atoms in total. The lowest BCUT2D eigenvalue weighted by molar-refractivity contribution is -0.384. The molecule has 1 heterocycles. The Morgan fingerprint density at radius 1 is 1.28 bits per heavy atom. The van der Waals surface area contributed by atoms with Gasteiger partial charge in [0, 0.05) is 12.1 Å². The van der Waals surface area contributed by atoms with Crippen LogP contribution in [0.3, 0.4) is 0 Å². The van der Waals surface area contributed by atoms with Gasteiger partial charge in [-0.1, -0.05) is 54.1 Å². The summed E-state index contributed by atoms with van der Waals surface area (Å²) in [5.41, 5.74) is 2.80. The highest BCUT2D eigenvalue weighted by Gasteiger charge is 2.38. The fraction of sp³-hybridized carbons (Fsp3) is 0.208. The number of hydrogen-bond acceptors (Lipinski definition) is 5. The van der Waals surface area contributed by atoms with E-state index in [-0.39, 0.29) is 40.5 Å². The van der Waals surface area contributed by atoms with Crippen molar-refractivity contribution in [1.29, 1.82) is 5.26 Å². The van der Waals surface area contributed by atoms with Gasteiger partial charge in [-0.05, 0) is 42.5 Å². The van der Waals surface area contributed by atoms with Crippen molar-refractivity contribution in [2.24, 2.45) is 5.92 Å². The van der Waals surface area contributed by atoms with Crippen molar-refractivity contribution in [2.45, 2.75) is 26.3 Å². The largest absolute Gasteiger partial charge is 0.316 e. The second kappa shape index (κ2) is 8.77. The highest BCUT2D eigenvalue weighted by molar-refractivity contribution is 6.31. The first-order chi connectivity index (χ1) is 15.4. The van der Waals surface area contributed by atoms with E-state index in [1.807, 2.05) is 42.5 Å². The van der Waals surface area contributed by atoms with Crippen LogP contribution in [-0.4, -0.2) is 15.8 Å². The number of nitro groups is 1. The number of halogens is 1. The molecule has 0 spiro atoms. The van der Waals surface area contributed by atoms with E-state index in [1.165, 1.54) is 18.0 Å². The summed E-state index contributed by atoms with van der Waals surface area (Å²) in [6.45, 7) is 1.60. The highest BCUT2D eigenvalue weighted by atomic mass is 35.5. The van der Waals surface area contributed by atoms with E-state index >= 15 is 0 Å². The minimum absolute atomic E-state index is 0.0283. The molecule has 1 fully saturated rings. The minimum Gasteiger partial charge on any atom is -0.286 e. The fourth-order valence-corrected chi connectivity index (χ4v) is 3.75. The number of carbonyl (C=O) groups excluding carboxylic acids is 1. The Kier molecular flexibility index (Phi) is 5.89. The second-order valence-electron chi connectivity index (χ2n) is 7.72. The Hall–Kier alpha value is -3.76. The van der Waals surface area contributed by atoms with Gasteiger partial charge in [0.2, 0.25) is 11.7 Å². The Balaban J connectivity index is 1.76. The van der Waals surface area contributed by atoms with Gasteiger partial charge >= 0.3 is 5.69 Å².